The van der Waals surface area contributed by atoms with E-state index in [9.17, 15) is 9.18 Å². The van der Waals surface area contributed by atoms with Gasteiger partial charge in [-0.3, -0.25) is 4.79 Å². The Hall–Kier alpha value is -2.01. The molecule has 0 saturated carbocycles. The van der Waals surface area contributed by atoms with Crippen molar-refractivity contribution in [1.29, 1.82) is 0 Å². The molecule has 1 heterocycles. The third-order valence-electron chi connectivity index (χ3n) is 3.55. The van der Waals surface area contributed by atoms with Gasteiger partial charge in [-0.25, -0.2) is 9.37 Å². The summed E-state index contributed by atoms with van der Waals surface area (Å²) in [4.78, 5) is 19.1. The molecule has 0 fully saturated rings. The monoisotopic (exact) mass is 289 g/mol. The number of aromatic amines is 1. The molecule has 0 aliphatic carbocycles. The minimum atomic E-state index is -0.264. The van der Waals surface area contributed by atoms with E-state index in [1.54, 1.807) is 13.0 Å². The maximum absolute atomic E-state index is 13.3. The lowest BCUT2D eigenvalue weighted by Gasteiger charge is -2.21. The van der Waals surface area contributed by atoms with E-state index in [-0.39, 0.29) is 23.5 Å². The molecule has 0 spiro atoms. The number of nitrogens with one attached hydrogen (secondary N) is 2. The Balaban J connectivity index is 2.22. The van der Waals surface area contributed by atoms with Crippen LogP contribution in [-0.2, 0) is 0 Å². The van der Waals surface area contributed by atoms with Gasteiger partial charge in [0.1, 0.15) is 11.6 Å². The van der Waals surface area contributed by atoms with Crippen molar-refractivity contribution in [2.24, 2.45) is 0 Å². The molecule has 0 bridgehead atoms. The first-order valence-electron chi connectivity index (χ1n) is 6.97. The molecule has 0 amide bonds. The average molecular weight is 289 g/mol. The van der Waals surface area contributed by atoms with Crippen LogP contribution in [-0.4, -0.2) is 9.97 Å². The number of aromatic nitrogens is 2. The predicted octanol–water partition coefficient (Wildman–Crippen LogP) is 2.94. The van der Waals surface area contributed by atoms with Crippen LogP contribution in [0, 0.1) is 19.7 Å². The van der Waals surface area contributed by atoms with Crippen LogP contribution in [0.25, 0.3) is 0 Å². The fraction of sp³-hybridized carbons (Fsp3) is 0.375. The van der Waals surface area contributed by atoms with Gasteiger partial charge in [0.2, 0.25) is 0 Å². The molecule has 2 aromatic rings. The van der Waals surface area contributed by atoms with Gasteiger partial charge in [0.05, 0.1) is 5.56 Å². The first-order valence-corrected chi connectivity index (χ1v) is 6.97. The fourth-order valence-corrected chi connectivity index (χ4v) is 2.58. The number of benzene rings is 1. The van der Waals surface area contributed by atoms with Crippen molar-refractivity contribution < 1.29 is 4.39 Å². The molecule has 5 heteroatoms. The molecule has 2 N–H and O–H groups in total. The summed E-state index contributed by atoms with van der Waals surface area (Å²) in [6, 6.07) is 6.19. The number of rotatable bonds is 4. The maximum Gasteiger partial charge on any atom is 0.255 e. The van der Waals surface area contributed by atoms with Crippen LogP contribution in [0.5, 0.6) is 0 Å². The van der Waals surface area contributed by atoms with Crippen molar-refractivity contribution in [3.8, 4) is 0 Å². The molecule has 1 aromatic carbocycles. The van der Waals surface area contributed by atoms with Crippen molar-refractivity contribution in [1.82, 2.24) is 15.3 Å². The standard InChI is InChI=1S/C16H20FN3O/c1-9(13-6-5-7-14(17)8-13)18-10(2)15-11(3)19-12(4)20-16(15)21/h5-10,18H,1-4H3,(H,19,20,21)/t9-,10?/m0/s1. The van der Waals surface area contributed by atoms with Crippen molar-refractivity contribution in [3.63, 3.8) is 0 Å². The molecule has 0 aliphatic heterocycles. The zero-order valence-corrected chi connectivity index (χ0v) is 12.7. The molecule has 4 nitrogen and oxygen atoms in total. The summed E-state index contributed by atoms with van der Waals surface area (Å²) in [6.07, 6.45) is 0. The minimum Gasteiger partial charge on any atom is -0.310 e. The lowest BCUT2D eigenvalue weighted by Crippen LogP contribution is -2.29. The van der Waals surface area contributed by atoms with E-state index in [1.807, 2.05) is 26.8 Å². The Morgan fingerprint density at radius 3 is 2.57 bits per heavy atom. The Labute approximate surface area is 123 Å². The Kier molecular flexibility index (Phi) is 4.53. The van der Waals surface area contributed by atoms with E-state index in [1.165, 1.54) is 12.1 Å². The van der Waals surface area contributed by atoms with Gasteiger partial charge in [-0.15, -0.1) is 0 Å². The summed E-state index contributed by atoms with van der Waals surface area (Å²) in [5, 5.41) is 3.31. The van der Waals surface area contributed by atoms with Gasteiger partial charge in [-0.1, -0.05) is 12.1 Å². The van der Waals surface area contributed by atoms with Crippen LogP contribution in [0.1, 0.15) is 48.6 Å². The molecular weight excluding hydrogens is 269 g/mol. The third-order valence-corrected chi connectivity index (χ3v) is 3.55. The van der Waals surface area contributed by atoms with Gasteiger partial charge >= 0.3 is 0 Å². The largest absolute Gasteiger partial charge is 0.310 e. The molecule has 0 radical (unpaired) electrons. The average Bonchev–Trinajstić information content (AvgIpc) is 2.37. The van der Waals surface area contributed by atoms with Crippen LogP contribution >= 0.6 is 0 Å². The smallest absolute Gasteiger partial charge is 0.255 e. The second kappa shape index (κ2) is 6.18. The lowest BCUT2D eigenvalue weighted by atomic mass is 10.0. The van der Waals surface area contributed by atoms with Gasteiger partial charge in [-0.05, 0) is 45.4 Å². The van der Waals surface area contributed by atoms with E-state index < -0.39 is 0 Å². The summed E-state index contributed by atoms with van der Waals surface area (Å²) in [5.41, 5.74) is 2.04. The van der Waals surface area contributed by atoms with E-state index in [0.29, 0.717) is 17.1 Å². The topological polar surface area (TPSA) is 57.8 Å². The zero-order valence-electron chi connectivity index (χ0n) is 12.7. The quantitative estimate of drug-likeness (QED) is 0.910. The van der Waals surface area contributed by atoms with Crippen molar-refractivity contribution in [3.05, 3.63) is 63.1 Å². The first-order chi connectivity index (χ1) is 9.88. The number of aryl methyl sites for hydroxylation is 2. The third kappa shape index (κ3) is 3.55. The summed E-state index contributed by atoms with van der Waals surface area (Å²) < 4.78 is 13.3. The molecule has 1 unspecified atom stereocenters. The van der Waals surface area contributed by atoms with Crippen molar-refractivity contribution >= 4 is 0 Å². The Morgan fingerprint density at radius 1 is 1.24 bits per heavy atom. The molecule has 1 aromatic heterocycles. The van der Waals surface area contributed by atoms with Gasteiger partial charge in [-0.2, -0.15) is 0 Å². The number of hydrogen-bond acceptors (Lipinski definition) is 3. The number of H-pyrrole nitrogens is 1. The van der Waals surface area contributed by atoms with E-state index >= 15 is 0 Å². The van der Waals surface area contributed by atoms with E-state index in [0.717, 1.165) is 5.56 Å². The second-order valence-electron chi connectivity index (χ2n) is 5.32. The maximum atomic E-state index is 13.3. The summed E-state index contributed by atoms with van der Waals surface area (Å²) in [6.45, 7) is 7.43. The Morgan fingerprint density at radius 2 is 1.95 bits per heavy atom. The predicted molar refractivity (Wildman–Crippen MR) is 80.7 cm³/mol. The highest BCUT2D eigenvalue weighted by atomic mass is 19.1. The first kappa shape index (κ1) is 15.4. The SMILES string of the molecule is Cc1nc(C)c(C(C)N[C@@H](C)c2cccc(F)c2)c(=O)[nH]1. The van der Waals surface area contributed by atoms with Crippen molar-refractivity contribution in [2.75, 3.05) is 0 Å². The Bertz CT molecular complexity index is 696. The normalized spacial score (nSPS) is 14.0. The van der Waals surface area contributed by atoms with Gasteiger partial charge in [0.15, 0.2) is 0 Å². The van der Waals surface area contributed by atoms with Crippen LogP contribution in [0.2, 0.25) is 0 Å². The van der Waals surface area contributed by atoms with Crippen LogP contribution < -0.4 is 10.9 Å². The molecule has 21 heavy (non-hydrogen) atoms. The molecule has 2 rings (SSSR count). The number of nitrogens with zero attached hydrogens (tertiary/aromatic N) is 1. The van der Waals surface area contributed by atoms with Crippen LogP contribution in [0.15, 0.2) is 29.1 Å². The summed E-state index contributed by atoms with van der Waals surface area (Å²) in [7, 11) is 0. The fourth-order valence-electron chi connectivity index (χ4n) is 2.58. The minimum absolute atomic E-state index is 0.0733. The van der Waals surface area contributed by atoms with Gasteiger partial charge in [0, 0.05) is 17.8 Å². The molecule has 0 saturated heterocycles. The number of halogens is 1. The van der Waals surface area contributed by atoms with Crippen molar-refractivity contribution in [2.45, 2.75) is 39.8 Å². The second-order valence-corrected chi connectivity index (χ2v) is 5.32. The molecule has 0 aliphatic rings. The highest BCUT2D eigenvalue weighted by Gasteiger charge is 2.17. The summed E-state index contributed by atoms with van der Waals surface area (Å²) in [5.74, 6) is 0.339. The van der Waals surface area contributed by atoms with Crippen LogP contribution in [0.4, 0.5) is 4.39 Å². The summed E-state index contributed by atoms with van der Waals surface area (Å²) >= 11 is 0. The molecule has 2 atom stereocenters. The highest BCUT2D eigenvalue weighted by Crippen LogP contribution is 2.19. The van der Waals surface area contributed by atoms with Gasteiger partial charge < -0.3 is 10.3 Å². The highest BCUT2D eigenvalue weighted by molar-refractivity contribution is 5.23. The number of hydrogen-bond donors (Lipinski definition) is 2. The molecular formula is C16H20FN3O. The zero-order chi connectivity index (χ0) is 15.6. The van der Waals surface area contributed by atoms with E-state index in [2.05, 4.69) is 15.3 Å². The van der Waals surface area contributed by atoms with Crippen LogP contribution in [0.3, 0.4) is 0 Å². The van der Waals surface area contributed by atoms with Gasteiger partial charge in [0.25, 0.3) is 5.56 Å². The molecule has 112 valence electrons. The van der Waals surface area contributed by atoms with E-state index in [4.69, 9.17) is 0 Å². The lowest BCUT2D eigenvalue weighted by molar-refractivity contribution is 0.485.